The van der Waals surface area contributed by atoms with Gasteiger partial charge in [0.2, 0.25) is 0 Å². The average molecular weight is 337 g/mol. The molecule has 4 nitrogen and oxygen atoms in total. The van der Waals surface area contributed by atoms with Gasteiger partial charge in [-0.3, -0.25) is 9.67 Å². The average Bonchev–Trinajstić information content (AvgIpc) is 2.65. The number of likely N-dealkylation sites (N-methyl/N-ethyl adjacent to an activating group) is 1. The van der Waals surface area contributed by atoms with Crippen molar-refractivity contribution >= 4 is 15.9 Å². The second-order valence-corrected chi connectivity index (χ2v) is 5.76. The Kier molecular flexibility index (Phi) is 4.94. The number of aromatic nitrogens is 3. The molecular weight excluding hydrogens is 316 g/mol. The quantitative estimate of drug-likeness (QED) is 0.912. The lowest BCUT2D eigenvalue weighted by molar-refractivity contribution is 0.524. The van der Waals surface area contributed by atoms with E-state index >= 15 is 0 Å². The first-order valence-electron chi connectivity index (χ1n) is 6.87. The van der Waals surface area contributed by atoms with Crippen LogP contribution in [0.4, 0.5) is 0 Å². The summed E-state index contributed by atoms with van der Waals surface area (Å²) in [5.41, 5.74) is 4.56. The van der Waals surface area contributed by atoms with Gasteiger partial charge in [0.15, 0.2) is 0 Å². The van der Waals surface area contributed by atoms with Crippen molar-refractivity contribution in [1.29, 1.82) is 0 Å². The largest absolute Gasteiger partial charge is 0.310 e. The molecule has 1 N–H and O–H groups in total. The number of halogens is 1. The van der Waals surface area contributed by atoms with E-state index in [0.717, 1.165) is 28.8 Å². The lowest BCUT2D eigenvalue weighted by atomic mass is 10.0. The van der Waals surface area contributed by atoms with E-state index in [1.165, 1.54) is 11.3 Å². The zero-order valence-electron chi connectivity index (χ0n) is 12.4. The van der Waals surface area contributed by atoms with Crippen LogP contribution in [0.15, 0.2) is 22.8 Å². The first-order valence-corrected chi connectivity index (χ1v) is 7.66. The van der Waals surface area contributed by atoms with E-state index < -0.39 is 0 Å². The molecule has 0 aliphatic rings. The Morgan fingerprint density at radius 3 is 2.65 bits per heavy atom. The number of hydrogen-bond donors (Lipinski definition) is 1. The summed E-state index contributed by atoms with van der Waals surface area (Å²) in [5.74, 6) is 0. The van der Waals surface area contributed by atoms with E-state index in [1.54, 1.807) is 0 Å². The van der Waals surface area contributed by atoms with Crippen LogP contribution in [-0.2, 0) is 13.5 Å². The van der Waals surface area contributed by atoms with Gasteiger partial charge >= 0.3 is 0 Å². The Bertz CT molecular complexity index is 592. The van der Waals surface area contributed by atoms with Gasteiger partial charge in [-0.05, 0) is 48.0 Å². The number of aryl methyl sites for hydroxylation is 3. The van der Waals surface area contributed by atoms with Gasteiger partial charge in [-0.1, -0.05) is 13.0 Å². The van der Waals surface area contributed by atoms with E-state index in [9.17, 15) is 0 Å². The van der Waals surface area contributed by atoms with Gasteiger partial charge in [-0.2, -0.15) is 5.10 Å². The standard InChI is InChI=1S/C15H21BrN4/c1-5-17-13(12-7-6-8-18-10(12)2)9-14-15(16)11(3)19-20(14)4/h6-8,13,17H,5,9H2,1-4H3. The van der Waals surface area contributed by atoms with Crippen LogP contribution in [0, 0.1) is 13.8 Å². The van der Waals surface area contributed by atoms with Gasteiger partial charge in [-0.15, -0.1) is 0 Å². The summed E-state index contributed by atoms with van der Waals surface area (Å²) < 4.78 is 3.06. The fraction of sp³-hybridized carbons (Fsp3) is 0.467. The highest BCUT2D eigenvalue weighted by atomic mass is 79.9. The van der Waals surface area contributed by atoms with Crippen LogP contribution in [-0.4, -0.2) is 21.3 Å². The van der Waals surface area contributed by atoms with Crippen LogP contribution in [0.25, 0.3) is 0 Å². The molecule has 2 aromatic heterocycles. The maximum Gasteiger partial charge on any atom is 0.0738 e. The molecule has 108 valence electrons. The molecule has 0 saturated heterocycles. The maximum absolute atomic E-state index is 4.47. The van der Waals surface area contributed by atoms with Gasteiger partial charge in [0.1, 0.15) is 0 Å². The molecule has 5 heteroatoms. The molecule has 0 saturated carbocycles. The summed E-state index contributed by atoms with van der Waals surface area (Å²) in [5, 5.41) is 8.02. The van der Waals surface area contributed by atoms with Crippen LogP contribution >= 0.6 is 15.9 Å². The third-order valence-corrected chi connectivity index (χ3v) is 4.56. The molecule has 0 aliphatic heterocycles. The van der Waals surface area contributed by atoms with Crippen LogP contribution in [0.3, 0.4) is 0 Å². The molecule has 0 radical (unpaired) electrons. The molecule has 0 aliphatic carbocycles. The van der Waals surface area contributed by atoms with Crippen LogP contribution < -0.4 is 5.32 Å². The minimum absolute atomic E-state index is 0.250. The lowest BCUT2D eigenvalue weighted by Gasteiger charge is -2.20. The third kappa shape index (κ3) is 3.10. The Morgan fingerprint density at radius 2 is 2.10 bits per heavy atom. The molecule has 1 atom stereocenters. The van der Waals surface area contributed by atoms with E-state index in [2.05, 4.69) is 51.2 Å². The van der Waals surface area contributed by atoms with Crippen LogP contribution in [0.1, 0.15) is 35.6 Å². The normalized spacial score (nSPS) is 12.7. The third-order valence-electron chi connectivity index (χ3n) is 3.53. The first-order chi connectivity index (χ1) is 9.54. The minimum atomic E-state index is 0.250. The van der Waals surface area contributed by atoms with Crippen molar-refractivity contribution in [3.05, 3.63) is 45.4 Å². The van der Waals surface area contributed by atoms with Crippen molar-refractivity contribution in [3.63, 3.8) is 0 Å². The van der Waals surface area contributed by atoms with Gasteiger partial charge in [-0.25, -0.2) is 0 Å². The fourth-order valence-electron chi connectivity index (χ4n) is 2.50. The number of rotatable bonds is 5. The summed E-state index contributed by atoms with van der Waals surface area (Å²) in [7, 11) is 1.99. The molecule has 0 aromatic carbocycles. The topological polar surface area (TPSA) is 42.7 Å². The van der Waals surface area contributed by atoms with Crippen molar-refractivity contribution in [2.75, 3.05) is 6.54 Å². The zero-order valence-corrected chi connectivity index (χ0v) is 14.0. The highest BCUT2D eigenvalue weighted by Gasteiger charge is 2.19. The highest BCUT2D eigenvalue weighted by Crippen LogP contribution is 2.26. The Morgan fingerprint density at radius 1 is 1.35 bits per heavy atom. The van der Waals surface area contributed by atoms with E-state index in [0.29, 0.717) is 0 Å². The summed E-state index contributed by atoms with van der Waals surface area (Å²) in [6.07, 6.45) is 2.73. The fourth-order valence-corrected chi connectivity index (χ4v) is 3.00. The lowest BCUT2D eigenvalue weighted by Crippen LogP contribution is -2.25. The van der Waals surface area contributed by atoms with Crippen molar-refractivity contribution in [2.24, 2.45) is 7.05 Å². The second-order valence-electron chi connectivity index (χ2n) is 4.96. The van der Waals surface area contributed by atoms with E-state index in [-0.39, 0.29) is 6.04 Å². The first kappa shape index (κ1) is 15.2. The molecule has 1 unspecified atom stereocenters. The predicted molar refractivity (Wildman–Crippen MR) is 84.7 cm³/mol. The molecule has 0 amide bonds. The molecule has 2 rings (SSSR count). The van der Waals surface area contributed by atoms with Gasteiger partial charge in [0.25, 0.3) is 0 Å². The molecule has 0 spiro atoms. The molecule has 0 bridgehead atoms. The van der Waals surface area contributed by atoms with Gasteiger partial charge in [0, 0.05) is 31.4 Å². The second kappa shape index (κ2) is 6.50. The summed E-state index contributed by atoms with van der Waals surface area (Å²) >= 11 is 3.64. The van der Waals surface area contributed by atoms with E-state index in [1.807, 2.05) is 30.9 Å². The minimum Gasteiger partial charge on any atom is -0.310 e. The number of pyridine rings is 1. The summed E-state index contributed by atoms with van der Waals surface area (Å²) in [6.45, 7) is 7.13. The van der Waals surface area contributed by atoms with Gasteiger partial charge < -0.3 is 5.32 Å². The van der Waals surface area contributed by atoms with Gasteiger partial charge in [0.05, 0.1) is 15.9 Å². The number of nitrogens with one attached hydrogen (secondary N) is 1. The predicted octanol–water partition coefficient (Wildman–Crippen LogP) is 3.09. The zero-order chi connectivity index (χ0) is 14.7. The van der Waals surface area contributed by atoms with Crippen molar-refractivity contribution in [2.45, 2.75) is 33.2 Å². The van der Waals surface area contributed by atoms with Crippen LogP contribution in [0.2, 0.25) is 0 Å². The Labute approximate surface area is 128 Å². The van der Waals surface area contributed by atoms with Crippen molar-refractivity contribution < 1.29 is 0 Å². The molecule has 20 heavy (non-hydrogen) atoms. The van der Waals surface area contributed by atoms with Crippen LogP contribution in [0.5, 0.6) is 0 Å². The number of nitrogens with zero attached hydrogens (tertiary/aromatic N) is 3. The molecular formula is C15H21BrN4. The highest BCUT2D eigenvalue weighted by molar-refractivity contribution is 9.10. The maximum atomic E-state index is 4.47. The summed E-state index contributed by atoms with van der Waals surface area (Å²) in [6, 6.07) is 4.39. The smallest absolute Gasteiger partial charge is 0.0738 e. The Balaban J connectivity index is 2.33. The Hall–Kier alpha value is -1.20. The monoisotopic (exact) mass is 336 g/mol. The SMILES string of the molecule is CCNC(Cc1c(Br)c(C)nn1C)c1cccnc1C. The molecule has 2 aromatic rings. The molecule has 2 heterocycles. The van der Waals surface area contributed by atoms with Crippen molar-refractivity contribution in [1.82, 2.24) is 20.1 Å². The van der Waals surface area contributed by atoms with Crippen molar-refractivity contribution in [3.8, 4) is 0 Å². The number of hydrogen-bond acceptors (Lipinski definition) is 3. The van der Waals surface area contributed by atoms with E-state index in [4.69, 9.17) is 0 Å². The molecule has 0 fully saturated rings. The summed E-state index contributed by atoms with van der Waals surface area (Å²) in [4.78, 5) is 4.40.